The number of piperazine rings is 1. The average Bonchev–Trinajstić information content (AvgIpc) is 3.06. The molecule has 4 aromatic rings. The molecule has 3 aromatic carbocycles. The Morgan fingerprint density at radius 2 is 1.60 bits per heavy atom. The summed E-state index contributed by atoms with van der Waals surface area (Å²) < 4.78 is 11.6. The first-order chi connectivity index (χ1) is 22.5. The van der Waals surface area contributed by atoms with Gasteiger partial charge in [0.2, 0.25) is 11.8 Å². The number of ether oxygens (including phenoxy) is 2. The Morgan fingerprint density at radius 3 is 2.21 bits per heavy atom. The summed E-state index contributed by atoms with van der Waals surface area (Å²) in [6.45, 7) is 12.3. The van der Waals surface area contributed by atoms with Gasteiger partial charge in [0.1, 0.15) is 17.1 Å². The molecule has 1 fully saturated rings. The second-order valence-corrected chi connectivity index (χ2v) is 12.1. The maximum absolute atomic E-state index is 13.7. The molecule has 0 radical (unpaired) electrons. The maximum atomic E-state index is 13.7. The molecule has 2 amide bonds. The molecule has 5 rings (SSSR count). The van der Waals surface area contributed by atoms with E-state index in [-0.39, 0.29) is 34.6 Å². The quantitative estimate of drug-likeness (QED) is 0.212. The van der Waals surface area contributed by atoms with Crippen molar-refractivity contribution in [3.8, 4) is 17.4 Å². The van der Waals surface area contributed by atoms with Crippen LogP contribution in [0, 0.1) is 13.8 Å². The number of benzene rings is 3. The summed E-state index contributed by atoms with van der Waals surface area (Å²) in [5, 5.41) is 6.22. The first-order valence-corrected chi connectivity index (χ1v) is 15.7. The number of nitrogens with zero attached hydrogens (tertiary/aromatic N) is 5. The number of anilines is 4. The fourth-order valence-electron chi connectivity index (χ4n) is 5.47. The van der Waals surface area contributed by atoms with Crippen molar-refractivity contribution in [2.24, 2.45) is 0 Å². The predicted octanol–water partition coefficient (Wildman–Crippen LogP) is 6.12. The summed E-state index contributed by atoms with van der Waals surface area (Å²) in [7, 11) is 4.83. The van der Waals surface area contributed by atoms with E-state index in [0.29, 0.717) is 17.5 Å². The van der Waals surface area contributed by atoms with Gasteiger partial charge in [0.15, 0.2) is 0 Å². The first kappa shape index (κ1) is 33.2. The summed E-state index contributed by atoms with van der Waals surface area (Å²) >= 11 is 0. The Kier molecular flexibility index (Phi) is 10.3. The van der Waals surface area contributed by atoms with Gasteiger partial charge in [-0.3, -0.25) is 14.5 Å². The maximum Gasteiger partial charge on any atom is 0.262 e. The van der Waals surface area contributed by atoms with E-state index in [4.69, 9.17) is 9.47 Å². The second kappa shape index (κ2) is 14.5. The van der Waals surface area contributed by atoms with Crippen molar-refractivity contribution in [3.05, 3.63) is 89.1 Å². The molecule has 0 aliphatic carbocycles. The zero-order valence-corrected chi connectivity index (χ0v) is 28.1. The molecule has 0 bridgehead atoms. The highest BCUT2D eigenvalue weighted by Gasteiger charge is 2.23. The highest BCUT2D eigenvalue weighted by atomic mass is 16.5. The van der Waals surface area contributed by atoms with E-state index in [1.807, 2.05) is 44.2 Å². The summed E-state index contributed by atoms with van der Waals surface area (Å²) in [4.78, 5) is 42.2. The molecule has 2 N–H and O–H groups in total. The van der Waals surface area contributed by atoms with E-state index in [1.165, 1.54) is 18.2 Å². The molecule has 0 atom stereocenters. The van der Waals surface area contributed by atoms with Crippen LogP contribution >= 0.6 is 0 Å². The molecule has 11 heteroatoms. The van der Waals surface area contributed by atoms with Crippen molar-refractivity contribution in [1.82, 2.24) is 19.8 Å². The number of hydrogen-bond acceptors (Lipinski definition) is 9. The Morgan fingerprint density at radius 1 is 0.915 bits per heavy atom. The van der Waals surface area contributed by atoms with Gasteiger partial charge >= 0.3 is 0 Å². The number of carbonyl (C=O) groups excluding carboxylic acids is 2. The fourth-order valence-corrected chi connectivity index (χ4v) is 5.47. The van der Waals surface area contributed by atoms with Crippen LogP contribution in [0.1, 0.15) is 45.7 Å². The number of carbonyl (C=O) groups is 2. The molecule has 0 unspecified atom stereocenters. The number of para-hydroxylation sites is 1. The Balaban J connectivity index is 1.44. The van der Waals surface area contributed by atoms with E-state index in [1.54, 1.807) is 32.3 Å². The molecule has 0 saturated carbocycles. The van der Waals surface area contributed by atoms with Gasteiger partial charge in [0, 0.05) is 69.6 Å². The Labute approximate surface area is 276 Å². The molecule has 0 spiro atoms. The molecule has 47 heavy (non-hydrogen) atoms. The number of rotatable bonds is 10. The van der Waals surface area contributed by atoms with E-state index in [2.05, 4.69) is 56.4 Å². The molecule has 2 heterocycles. The van der Waals surface area contributed by atoms with Crippen molar-refractivity contribution in [2.45, 2.75) is 33.7 Å². The van der Waals surface area contributed by atoms with E-state index in [0.717, 1.165) is 48.7 Å². The predicted molar refractivity (Wildman–Crippen MR) is 186 cm³/mol. The van der Waals surface area contributed by atoms with Crippen LogP contribution in [-0.2, 0) is 0 Å². The van der Waals surface area contributed by atoms with Gasteiger partial charge < -0.3 is 29.9 Å². The zero-order chi connectivity index (χ0) is 33.7. The average molecular weight is 638 g/mol. The number of aryl methyl sites for hydroxylation is 2. The molecule has 1 aromatic heterocycles. The van der Waals surface area contributed by atoms with E-state index >= 15 is 0 Å². The van der Waals surface area contributed by atoms with Crippen molar-refractivity contribution < 1.29 is 19.1 Å². The van der Waals surface area contributed by atoms with Gasteiger partial charge in [-0.15, -0.1) is 0 Å². The Hall–Kier alpha value is -5.16. The molecule has 1 aliphatic rings. The van der Waals surface area contributed by atoms with Gasteiger partial charge in [-0.25, -0.2) is 4.98 Å². The van der Waals surface area contributed by atoms with Crippen molar-refractivity contribution in [3.63, 3.8) is 0 Å². The lowest BCUT2D eigenvalue weighted by molar-refractivity contribution is 0.0824. The smallest absolute Gasteiger partial charge is 0.262 e. The number of aromatic nitrogens is 2. The van der Waals surface area contributed by atoms with E-state index < -0.39 is 5.91 Å². The largest absolute Gasteiger partial charge is 0.497 e. The Bertz CT molecular complexity index is 1710. The first-order valence-electron chi connectivity index (χ1n) is 15.7. The third-order valence-electron chi connectivity index (χ3n) is 8.28. The molecule has 11 nitrogen and oxygen atoms in total. The number of methoxy groups -OCH3 is 1. The zero-order valence-electron chi connectivity index (χ0n) is 28.1. The minimum Gasteiger partial charge on any atom is -0.497 e. The van der Waals surface area contributed by atoms with Crippen LogP contribution in [0.15, 0.2) is 66.9 Å². The lowest BCUT2D eigenvalue weighted by Crippen LogP contribution is -2.48. The molecule has 1 saturated heterocycles. The summed E-state index contributed by atoms with van der Waals surface area (Å²) in [5.74, 6) is 0.196. The van der Waals surface area contributed by atoms with Crippen LogP contribution in [0.2, 0.25) is 0 Å². The van der Waals surface area contributed by atoms with Crippen LogP contribution in [0.5, 0.6) is 17.4 Å². The SMILES string of the molecule is COc1ccc(Oc2nc(Nc3ccc(N4CCN(C(C)C)CC4)cc3)ncc2C(=O)Nc2c(C)cccc2C)c(C(=O)N(C)C)c1. The molecule has 1 aliphatic heterocycles. The lowest BCUT2D eigenvalue weighted by Gasteiger charge is -2.38. The lowest BCUT2D eigenvalue weighted by atomic mass is 10.1. The number of nitrogens with one attached hydrogen (secondary N) is 2. The minimum absolute atomic E-state index is 0.0103. The highest BCUT2D eigenvalue weighted by molar-refractivity contribution is 6.06. The van der Waals surface area contributed by atoms with Crippen molar-refractivity contribution >= 4 is 34.8 Å². The van der Waals surface area contributed by atoms with Gasteiger partial charge in [-0.1, -0.05) is 18.2 Å². The van der Waals surface area contributed by atoms with Gasteiger partial charge in [0.25, 0.3) is 11.8 Å². The third kappa shape index (κ3) is 7.81. The summed E-state index contributed by atoms with van der Waals surface area (Å²) in [5.41, 5.74) is 4.82. The number of amides is 2. The normalized spacial score (nSPS) is 13.3. The second-order valence-electron chi connectivity index (χ2n) is 12.1. The van der Waals surface area contributed by atoms with Crippen LogP contribution in [0.25, 0.3) is 0 Å². The van der Waals surface area contributed by atoms with Crippen molar-refractivity contribution in [2.75, 3.05) is 62.9 Å². The van der Waals surface area contributed by atoms with Crippen LogP contribution < -0.4 is 25.0 Å². The fraction of sp³-hybridized carbons (Fsp3) is 0.333. The minimum atomic E-state index is -0.445. The number of hydrogen-bond donors (Lipinski definition) is 2. The van der Waals surface area contributed by atoms with Crippen molar-refractivity contribution in [1.29, 1.82) is 0 Å². The summed E-state index contributed by atoms with van der Waals surface area (Å²) in [6.07, 6.45) is 1.42. The van der Waals surface area contributed by atoms with Gasteiger partial charge in [0.05, 0.1) is 12.7 Å². The van der Waals surface area contributed by atoms with Crippen LogP contribution in [0.4, 0.5) is 23.0 Å². The topological polar surface area (TPSA) is 112 Å². The van der Waals surface area contributed by atoms with Gasteiger partial charge in [-0.05, 0) is 81.3 Å². The van der Waals surface area contributed by atoms with Crippen LogP contribution in [-0.4, -0.2) is 85.0 Å². The van der Waals surface area contributed by atoms with Gasteiger partial charge in [-0.2, -0.15) is 4.98 Å². The molecular formula is C36H43N7O4. The monoisotopic (exact) mass is 637 g/mol. The van der Waals surface area contributed by atoms with Crippen LogP contribution in [0.3, 0.4) is 0 Å². The van der Waals surface area contributed by atoms with E-state index in [9.17, 15) is 9.59 Å². The standard InChI is InChI=1S/C36H43N7O4/c1-23(2)42-17-19-43(20-18-42)27-13-11-26(12-14-27)38-36-37-22-30(33(44)39-32-24(3)9-8-10-25(32)4)34(40-36)47-31-16-15-28(46-7)21-29(31)35(45)41(5)6/h8-16,21-23H,17-20H2,1-7H3,(H,39,44)(H,37,38,40). The highest BCUT2D eigenvalue weighted by Crippen LogP contribution is 2.32. The molecular weight excluding hydrogens is 594 g/mol. The molecule has 246 valence electrons. The third-order valence-corrected chi connectivity index (χ3v) is 8.28. The summed E-state index contributed by atoms with van der Waals surface area (Å²) in [6, 6.07) is 19.4.